The number of aromatic nitrogens is 4. The maximum Gasteiger partial charge on any atom is 0.336 e. The van der Waals surface area contributed by atoms with Crippen molar-refractivity contribution < 1.29 is 22.6 Å². The van der Waals surface area contributed by atoms with Crippen LogP contribution in [0.1, 0.15) is 20.7 Å². The van der Waals surface area contributed by atoms with Crippen molar-refractivity contribution in [3.8, 4) is 39.6 Å². The van der Waals surface area contributed by atoms with Crippen molar-refractivity contribution in [3.05, 3.63) is 175 Å². The Balaban J connectivity index is 0.779. The van der Waals surface area contributed by atoms with Crippen LogP contribution in [0.4, 0.5) is 11.4 Å². The first kappa shape index (κ1) is 34.9. The van der Waals surface area contributed by atoms with E-state index in [2.05, 4.69) is 57.7 Å². The van der Waals surface area contributed by atoms with E-state index in [9.17, 15) is 18.0 Å². The van der Waals surface area contributed by atoms with Gasteiger partial charge in [0.15, 0.2) is 5.52 Å². The van der Waals surface area contributed by atoms with Crippen molar-refractivity contribution in [3.63, 3.8) is 0 Å². The molecule has 2 N–H and O–H groups in total. The SMILES string of the molecule is O=C(Nc1cccc(S(=O)(=O)c2cccc(NC(=O)c3ccc4nc5c(nc4c3)-c3cccc4cccc-5c34)c2)c1)c1ccc2nc3[n+](cc2c1)-c1cccc2cccc-3c12. The molecule has 0 fully saturated rings. The average molecular weight is 810 g/mol. The van der Waals surface area contributed by atoms with E-state index in [0.29, 0.717) is 33.5 Å². The number of rotatable bonds is 6. The highest BCUT2D eigenvalue weighted by Crippen LogP contribution is 2.45. The molecule has 0 spiro atoms. The molecule has 1 aliphatic heterocycles. The Kier molecular flexibility index (Phi) is 7.38. The highest BCUT2D eigenvalue weighted by atomic mass is 32.2. The number of fused-ring (bicyclic) bond motifs is 8. The number of anilines is 2. The van der Waals surface area contributed by atoms with E-state index in [-0.39, 0.29) is 9.79 Å². The Morgan fingerprint density at radius 3 is 1.67 bits per heavy atom. The fraction of sp³-hybridized carbons (Fsp3) is 0. The van der Waals surface area contributed by atoms with Crippen LogP contribution in [0.15, 0.2) is 174 Å². The van der Waals surface area contributed by atoms with Crippen molar-refractivity contribution in [1.29, 1.82) is 0 Å². The summed E-state index contributed by atoms with van der Waals surface area (Å²) in [5.41, 5.74) is 9.07. The van der Waals surface area contributed by atoms with E-state index in [4.69, 9.17) is 15.0 Å². The van der Waals surface area contributed by atoms with Crippen LogP contribution in [0.5, 0.6) is 0 Å². The van der Waals surface area contributed by atoms with Crippen LogP contribution in [0.2, 0.25) is 0 Å². The molecule has 0 saturated carbocycles. The minimum absolute atomic E-state index is 0.0179. The van der Waals surface area contributed by atoms with Crippen LogP contribution in [-0.2, 0) is 9.84 Å². The lowest BCUT2D eigenvalue weighted by molar-refractivity contribution is -0.580. The molecule has 12 rings (SSSR count). The van der Waals surface area contributed by atoms with E-state index in [0.717, 1.165) is 72.0 Å². The molecular formula is C50H29N6O4S+. The number of sulfone groups is 1. The number of carbonyl (C=O) groups is 2. The van der Waals surface area contributed by atoms with E-state index < -0.39 is 21.7 Å². The van der Waals surface area contributed by atoms with Crippen molar-refractivity contribution in [1.82, 2.24) is 15.0 Å². The number of hydrogen-bond acceptors (Lipinski definition) is 7. The third kappa shape index (κ3) is 5.44. The largest absolute Gasteiger partial charge is 0.336 e. The minimum atomic E-state index is -4.06. The van der Waals surface area contributed by atoms with E-state index >= 15 is 0 Å². The van der Waals surface area contributed by atoms with Gasteiger partial charge in [-0.05, 0) is 101 Å². The molecule has 1 aliphatic carbocycles. The summed E-state index contributed by atoms with van der Waals surface area (Å²) in [5, 5.41) is 11.0. The lowest BCUT2D eigenvalue weighted by Crippen LogP contribution is -2.31. The molecule has 288 valence electrons. The van der Waals surface area contributed by atoms with Gasteiger partial charge in [-0.1, -0.05) is 72.8 Å². The van der Waals surface area contributed by atoms with Crippen molar-refractivity contribution in [2.45, 2.75) is 9.79 Å². The van der Waals surface area contributed by atoms with Gasteiger partial charge < -0.3 is 10.6 Å². The first-order chi connectivity index (χ1) is 29.8. The Morgan fingerprint density at radius 2 is 1.02 bits per heavy atom. The lowest BCUT2D eigenvalue weighted by Gasteiger charge is -2.11. The van der Waals surface area contributed by atoms with Crippen molar-refractivity contribution >= 4 is 76.5 Å². The molecule has 10 nitrogen and oxygen atoms in total. The fourth-order valence-electron chi connectivity index (χ4n) is 8.68. The highest BCUT2D eigenvalue weighted by Gasteiger charge is 2.31. The van der Waals surface area contributed by atoms with Crippen LogP contribution < -0.4 is 15.2 Å². The quantitative estimate of drug-likeness (QED) is 0.160. The van der Waals surface area contributed by atoms with E-state index in [1.165, 1.54) is 24.3 Å². The molecule has 0 unspecified atom stereocenters. The summed E-state index contributed by atoms with van der Waals surface area (Å²) in [5.74, 6) is 0.0167. The number of carbonyl (C=O) groups excluding carboxylic acids is 2. The third-order valence-electron chi connectivity index (χ3n) is 11.5. The zero-order chi connectivity index (χ0) is 41.0. The summed E-state index contributed by atoms with van der Waals surface area (Å²) < 4.78 is 30.0. The molecule has 2 aromatic heterocycles. The van der Waals surface area contributed by atoms with Gasteiger partial charge in [-0.15, -0.1) is 0 Å². The average Bonchev–Trinajstić information content (AvgIpc) is 3.77. The first-order valence-corrected chi connectivity index (χ1v) is 21.1. The predicted molar refractivity (Wildman–Crippen MR) is 235 cm³/mol. The monoisotopic (exact) mass is 809 g/mol. The summed E-state index contributed by atoms with van der Waals surface area (Å²) in [4.78, 5) is 42.0. The molecular weight excluding hydrogens is 781 g/mol. The third-order valence-corrected chi connectivity index (χ3v) is 13.3. The van der Waals surface area contributed by atoms with Crippen molar-refractivity contribution in [2.24, 2.45) is 0 Å². The molecule has 0 atom stereocenters. The Labute approximate surface area is 347 Å². The van der Waals surface area contributed by atoms with Gasteiger partial charge in [0.2, 0.25) is 9.84 Å². The first-order valence-electron chi connectivity index (χ1n) is 19.6. The van der Waals surface area contributed by atoms with Crippen LogP contribution in [0, 0.1) is 0 Å². The molecule has 0 saturated heterocycles. The number of hydrogen-bond donors (Lipinski definition) is 2. The van der Waals surface area contributed by atoms with Crippen LogP contribution in [0.3, 0.4) is 0 Å². The molecule has 2 amide bonds. The zero-order valence-corrected chi connectivity index (χ0v) is 32.7. The van der Waals surface area contributed by atoms with Gasteiger partial charge in [0.1, 0.15) is 11.9 Å². The second kappa shape index (κ2) is 12.9. The molecule has 0 bridgehead atoms. The molecule has 61 heavy (non-hydrogen) atoms. The highest BCUT2D eigenvalue weighted by molar-refractivity contribution is 7.91. The van der Waals surface area contributed by atoms with Gasteiger partial charge in [-0.3, -0.25) is 9.59 Å². The van der Waals surface area contributed by atoms with Gasteiger partial charge in [0.25, 0.3) is 11.8 Å². The van der Waals surface area contributed by atoms with E-state index in [1.807, 2.05) is 42.6 Å². The molecule has 10 aromatic rings. The molecule has 0 radical (unpaired) electrons. The van der Waals surface area contributed by atoms with Gasteiger partial charge in [-0.2, -0.15) is 4.57 Å². The maximum absolute atomic E-state index is 14.0. The lowest BCUT2D eigenvalue weighted by atomic mass is 10.0. The maximum atomic E-state index is 14.0. The minimum Gasteiger partial charge on any atom is -0.322 e. The van der Waals surface area contributed by atoms with Gasteiger partial charge >= 0.3 is 5.82 Å². The van der Waals surface area contributed by atoms with Crippen LogP contribution in [0.25, 0.3) is 83.1 Å². The second-order valence-corrected chi connectivity index (χ2v) is 17.1. The fourth-order valence-corrected chi connectivity index (χ4v) is 10.0. The molecule has 2 aliphatic rings. The Morgan fingerprint density at radius 1 is 0.475 bits per heavy atom. The second-order valence-electron chi connectivity index (χ2n) is 15.2. The summed E-state index contributed by atoms with van der Waals surface area (Å²) in [6.45, 7) is 0. The number of amides is 2. The van der Waals surface area contributed by atoms with E-state index in [1.54, 1.807) is 54.6 Å². The topological polar surface area (TPSA) is 135 Å². The van der Waals surface area contributed by atoms with Gasteiger partial charge in [0.05, 0.1) is 43.2 Å². The summed E-state index contributed by atoms with van der Waals surface area (Å²) in [6, 6.07) is 47.3. The van der Waals surface area contributed by atoms with Crippen LogP contribution in [-0.4, -0.2) is 35.2 Å². The summed E-state index contributed by atoms with van der Waals surface area (Å²) >= 11 is 0. The van der Waals surface area contributed by atoms with Crippen molar-refractivity contribution in [2.75, 3.05) is 10.6 Å². The number of nitrogens with zero attached hydrogens (tertiary/aromatic N) is 4. The standard InChI is InChI=1S/C50H28N6O4S/c57-49(30-19-21-40-32(23-30)27-56-43-18-4-10-29-9-3-17-39(45(29)43)48(56)55-40)51-33-11-5-13-35(25-33)61(59,60)36-14-6-12-34(26-36)52-50(58)31-20-22-41-42(24-31)54-47-38-16-2-8-28-7-1-15-37(44(28)38)46(47)53-41/h1-27H,(H-,51,52,57,58)/p+1. The molecule has 11 heteroatoms. The predicted octanol–water partition coefficient (Wildman–Crippen LogP) is 9.73. The zero-order valence-electron chi connectivity index (χ0n) is 31.9. The smallest absolute Gasteiger partial charge is 0.322 e. The summed E-state index contributed by atoms with van der Waals surface area (Å²) in [6.07, 6.45) is 1.99. The molecule has 3 heterocycles. The summed E-state index contributed by atoms with van der Waals surface area (Å²) in [7, 11) is -4.06. The normalized spacial score (nSPS) is 12.2. The Hall–Kier alpha value is -8.15. The van der Waals surface area contributed by atoms with Gasteiger partial charge in [0, 0.05) is 44.4 Å². The number of benzene rings is 8. The van der Waals surface area contributed by atoms with Crippen LogP contribution >= 0.6 is 0 Å². The van der Waals surface area contributed by atoms with Gasteiger partial charge in [-0.25, -0.2) is 18.4 Å². The Bertz CT molecular complexity index is 3490. The molecule has 8 aromatic carbocycles. The number of nitrogens with one attached hydrogen (secondary N) is 2.